The van der Waals surface area contributed by atoms with Gasteiger partial charge in [-0.15, -0.1) is 0 Å². The van der Waals surface area contributed by atoms with Crippen LogP contribution < -0.4 is 0 Å². The van der Waals surface area contributed by atoms with Crippen LogP contribution in [-0.4, -0.2) is 46.5 Å². The first-order valence-corrected chi connectivity index (χ1v) is 18.2. The summed E-state index contributed by atoms with van der Waals surface area (Å²) in [5.74, 6) is 0. The molecule has 33 heavy (non-hydrogen) atoms. The van der Waals surface area contributed by atoms with E-state index in [1.807, 2.05) is 0 Å². The minimum Gasteiger partial charge on any atom is -0.357 e. The van der Waals surface area contributed by atoms with E-state index in [9.17, 15) is 0 Å². The van der Waals surface area contributed by atoms with Crippen molar-refractivity contribution in [1.82, 2.24) is 4.67 Å². The lowest BCUT2D eigenvalue weighted by molar-refractivity contribution is 0.242. The summed E-state index contributed by atoms with van der Waals surface area (Å²) in [6.07, 6.45) is 32.9. The summed E-state index contributed by atoms with van der Waals surface area (Å²) in [6.45, 7) is 2.49. The maximum atomic E-state index is 7.19. The predicted octanol–water partition coefficient (Wildman–Crippen LogP) is 9.59. The molecule has 2 nitrogen and oxygen atoms in total. The molecule has 1 heterocycles. The highest BCUT2D eigenvalue weighted by molar-refractivity contribution is 7.56. The molecule has 5 aliphatic rings. The highest BCUT2D eigenvalue weighted by Crippen LogP contribution is 2.61. The van der Waals surface area contributed by atoms with Crippen LogP contribution in [0, 0.1) is 0 Å². The number of rotatable bonds is 8. The zero-order valence-electron chi connectivity index (χ0n) is 21.6. The van der Waals surface area contributed by atoms with Crippen LogP contribution in [0.1, 0.15) is 141 Å². The van der Waals surface area contributed by atoms with Crippen LogP contribution >= 0.6 is 16.2 Å². The van der Waals surface area contributed by atoms with Crippen LogP contribution in [0.25, 0.3) is 0 Å². The fraction of sp³-hybridized carbons (Fsp3) is 1.00. The molecule has 5 rings (SSSR count). The molecule has 4 aliphatic carbocycles. The maximum absolute atomic E-state index is 7.19. The highest BCUT2D eigenvalue weighted by Gasteiger charge is 2.41. The molecule has 190 valence electrons. The molecule has 4 saturated carbocycles. The lowest BCUT2D eigenvalue weighted by atomic mass is 10.00. The van der Waals surface area contributed by atoms with Gasteiger partial charge in [0.25, 0.3) is 0 Å². The Morgan fingerprint density at radius 1 is 0.485 bits per heavy atom. The molecule has 1 saturated heterocycles. The van der Waals surface area contributed by atoms with Crippen LogP contribution in [-0.2, 0) is 4.52 Å². The average Bonchev–Trinajstić information content (AvgIpc) is 3.35. The first-order valence-electron chi connectivity index (χ1n) is 15.4. The van der Waals surface area contributed by atoms with E-state index in [-0.39, 0.29) is 16.2 Å². The molecule has 0 bridgehead atoms. The summed E-state index contributed by atoms with van der Waals surface area (Å²) in [5.41, 5.74) is 3.97. The molecule has 0 unspecified atom stereocenters. The second kappa shape index (κ2) is 13.4. The number of hydrogen-bond donors (Lipinski definition) is 0. The van der Waals surface area contributed by atoms with E-state index in [2.05, 4.69) is 4.67 Å². The second-order valence-corrected chi connectivity index (χ2v) is 17.3. The second-order valence-electron chi connectivity index (χ2n) is 12.2. The molecule has 5 fully saturated rings. The van der Waals surface area contributed by atoms with E-state index in [4.69, 9.17) is 4.52 Å². The van der Waals surface area contributed by atoms with Crippen molar-refractivity contribution < 1.29 is 4.52 Å². The Morgan fingerprint density at radius 3 is 1.36 bits per heavy atom. The molecule has 1 aliphatic heterocycles. The molecular weight excluding hydrogens is 440 g/mol. The molecular formula is C29H53NOP2. The Morgan fingerprint density at radius 2 is 0.909 bits per heavy atom. The third-order valence-corrected chi connectivity index (χ3v) is 16.4. The zero-order chi connectivity index (χ0) is 22.3. The smallest absolute Gasteiger partial charge is 0.0668 e. The quantitative estimate of drug-likeness (QED) is 0.312. The van der Waals surface area contributed by atoms with Crippen molar-refractivity contribution in [3.8, 4) is 0 Å². The number of nitrogens with zero attached hydrogens (tertiary/aromatic N) is 1. The first-order chi connectivity index (χ1) is 16.4. The van der Waals surface area contributed by atoms with Gasteiger partial charge in [-0.05, 0) is 83.6 Å². The van der Waals surface area contributed by atoms with E-state index in [0.29, 0.717) is 0 Å². The van der Waals surface area contributed by atoms with Crippen molar-refractivity contribution in [1.29, 1.82) is 0 Å². The molecule has 4 heteroatoms. The van der Waals surface area contributed by atoms with Gasteiger partial charge in [0.15, 0.2) is 0 Å². The topological polar surface area (TPSA) is 12.5 Å². The van der Waals surface area contributed by atoms with Gasteiger partial charge in [-0.3, -0.25) is 4.67 Å². The van der Waals surface area contributed by atoms with E-state index in [1.165, 1.54) is 122 Å². The van der Waals surface area contributed by atoms with Crippen molar-refractivity contribution in [2.45, 2.75) is 170 Å². The number of hydrogen-bond acceptors (Lipinski definition) is 2. The fourth-order valence-electron chi connectivity index (χ4n) is 8.05. The van der Waals surface area contributed by atoms with Gasteiger partial charge < -0.3 is 4.52 Å². The van der Waals surface area contributed by atoms with Crippen molar-refractivity contribution in [2.24, 2.45) is 0 Å². The Hall–Kier alpha value is 0.780. The predicted molar refractivity (Wildman–Crippen MR) is 147 cm³/mol. The minimum absolute atomic E-state index is 0.0633. The third kappa shape index (κ3) is 6.76. The van der Waals surface area contributed by atoms with Crippen molar-refractivity contribution in [2.75, 3.05) is 13.2 Å². The molecule has 0 aromatic heterocycles. The monoisotopic (exact) mass is 493 g/mol. The highest BCUT2D eigenvalue weighted by atomic mass is 31.1. The van der Waals surface area contributed by atoms with Crippen LogP contribution in [0.2, 0.25) is 0 Å². The van der Waals surface area contributed by atoms with Gasteiger partial charge in [-0.1, -0.05) is 77.0 Å². The summed E-state index contributed by atoms with van der Waals surface area (Å²) >= 11 is 0. The van der Waals surface area contributed by atoms with Crippen LogP contribution in [0.4, 0.5) is 0 Å². The van der Waals surface area contributed by atoms with E-state index in [0.717, 1.165) is 35.3 Å². The lowest BCUT2D eigenvalue weighted by Crippen LogP contribution is -2.37. The third-order valence-electron chi connectivity index (χ3n) is 9.83. The van der Waals surface area contributed by atoms with Crippen LogP contribution in [0.5, 0.6) is 0 Å². The minimum atomic E-state index is -0.200. The average molecular weight is 494 g/mol. The van der Waals surface area contributed by atoms with Crippen molar-refractivity contribution in [3.05, 3.63) is 0 Å². The standard InChI is InChI=1S/C29H53NOP2/c1-5-15-26(16-6-1)32(27-17-7-2-8-18-27)30-23-13-14-25(30)24-31-33(28-19-9-3-10-20-28)29-21-11-4-12-22-29/h25-29H,1-24H2/t25-/m0/s1. The van der Waals surface area contributed by atoms with Crippen LogP contribution in [0.15, 0.2) is 0 Å². The Labute approximate surface area is 208 Å². The van der Waals surface area contributed by atoms with Gasteiger partial charge in [0, 0.05) is 32.1 Å². The van der Waals surface area contributed by atoms with Gasteiger partial charge in [-0.2, -0.15) is 0 Å². The van der Waals surface area contributed by atoms with Crippen molar-refractivity contribution in [3.63, 3.8) is 0 Å². The summed E-state index contributed by atoms with van der Waals surface area (Å²) in [7, 11) is -0.137. The molecule has 1 atom stereocenters. The van der Waals surface area contributed by atoms with Gasteiger partial charge in [0.1, 0.15) is 0 Å². The fourth-order valence-corrected chi connectivity index (χ4v) is 15.3. The Kier molecular flexibility index (Phi) is 10.3. The zero-order valence-corrected chi connectivity index (χ0v) is 23.4. The lowest BCUT2D eigenvalue weighted by Gasteiger charge is -2.46. The van der Waals surface area contributed by atoms with Gasteiger partial charge in [-0.25, -0.2) is 0 Å². The summed E-state index contributed by atoms with van der Waals surface area (Å²) in [4.78, 5) is 0. The SMILES string of the molecule is C1CCC(P(OC[C@@H]2CCCN2P(C2CCCCC2)C2CCCCC2)C2CCCCC2)CC1. The van der Waals surface area contributed by atoms with E-state index < -0.39 is 0 Å². The summed E-state index contributed by atoms with van der Waals surface area (Å²) in [6, 6.07) is 0.761. The molecule has 0 aromatic rings. The molecule has 0 radical (unpaired) electrons. The van der Waals surface area contributed by atoms with E-state index >= 15 is 0 Å². The molecule has 0 aromatic carbocycles. The molecule has 0 spiro atoms. The van der Waals surface area contributed by atoms with Gasteiger partial charge >= 0.3 is 0 Å². The van der Waals surface area contributed by atoms with Gasteiger partial charge in [0.05, 0.1) is 6.61 Å². The van der Waals surface area contributed by atoms with Crippen LogP contribution in [0.3, 0.4) is 0 Å². The molecule has 0 amide bonds. The van der Waals surface area contributed by atoms with Gasteiger partial charge in [0.2, 0.25) is 0 Å². The van der Waals surface area contributed by atoms with Crippen molar-refractivity contribution >= 4 is 16.2 Å². The van der Waals surface area contributed by atoms with E-state index in [1.54, 1.807) is 25.7 Å². The summed E-state index contributed by atoms with van der Waals surface area (Å²) < 4.78 is 10.3. The maximum Gasteiger partial charge on any atom is 0.0668 e. The molecule has 0 N–H and O–H groups in total. The normalized spacial score (nSPS) is 30.5. The Bertz CT molecular complexity index is 514. The largest absolute Gasteiger partial charge is 0.357 e. The summed E-state index contributed by atoms with van der Waals surface area (Å²) in [5, 5.41) is 0. The first kappa shape index (κ1) is 25.4. The Balaban J connectivity index is 1.26.